The molecule has 0 aromatic heterocycles. The molecule has 0 amide bonds. The third-order valence-electron chi connectivity index (χ3n) is 3.32. The van der Waals surface area contributed by atoms with Gasteiger partial charge in [-0.1, -0.05) is 30.0 Å². The van der Waals surface area contributed by atoms with Crippen LogP contribution in [0, 0.1) is 0 Å². The highest BCUT2D eigenvalue weighted by molar-refractivity contribution is 7.99. The van der Waals surface area contributed by atoms with Crippen molar-refractivity contribution in [3.8, 4) is 0 Å². The Morgan fingerprint density at radius 3 is 2.43 bits per heavy atom. The summed E-state index contributed by atoms with van der Waals surface area (Å²) in [6.45, 7) is 0. The Labute approximate surface area is 133 Å². The number of Topliss-reactive ketones (excluding diaryl/α,β-unsaturated/α-hetero) is 2. The molecular formula is C16H10F3NO2S. The van der Waals surface area contributed by atoms with Gasteiger partial charge in [0.1, 0.15) is 0 Å². The maximum atomic E-state index is 12.2. The smallest absolute Gasteiger partial charge is 0.354 e. The summed E-state index contributed by atoms with van der Waals surface area (Å²) in [5, 5.41) is 3.14. The van der Waals surface area contributed by atoms with Gasteiger partial charge < -0.3 is 5.32 Å². The molecule has 0 radical (unpaired) electrons. The van der Waals surface area contributed by atoms with Crippen molar-refractivity contribution in [1.29, 1.82) is 0 Å². The van der Waals surface area contributed by atoms with E-state index in [0.717, 1.165) is 15.5 Å². The highest BCUT2D eigenvalue weighted by atomic mass is 32.2. The molecule has 1 N–H and O–H groups in total. The van der Waals surface area contributed by atoms with Crippen LogP contribution in [-0.2, 0) is 4.79 Å². The number of carbonyl (C=O) groups is 2. The Kier molecular flexibility index (Phi) is 3.89. The van der Waals surface area contributed by atoms with Crippen molar-refractivity contribution in [3.05, 3.63) is 48.0 Å². The largest absolute Gasteiger partial charge is 0.450 e. The normalized spacial score (nSPS) is 12.8. The SMILES string of the molecule is O=C(CC(=O)C(F)(F)F)c1ccc2c(c1)Nc1ccccc1S2. The number of ketones is 2. The lowest BCUT2D eigenvalue weighted by molar-refractivity contribution is -0.170. The monoisotopic (exact) mass is 337 g/mol. The minimum Gasteiger partial charge on any atom is -0.354 e. The first-order valence-electron chi connectivity index (χ1n) is 6.66. The molecule has 0 aliphatic carbocycles. The number of anilines is 2. The van der Waals surface area contributed by atoms with Gasteiger partial charge >= 0.3 is 6.18 Å². The molecule has 0 bridgehead atoms. The summed E-state index contributed by atoms with van der Waals surface area (Å²) in [6.07, 6.45) is -6.16. The van der Waals surface area contributed by atoms with E-state index in [-0.39, 0.29) is 5.56 Å². The molecular weight excluding hydrogens is 327 g/mol. The first-order chi connectivity index (χ1) is 10.8. The Bertz CT molecular complexity index is 802. The van der Waals surface area contributed by atoms with Crippen LogP contribution in [0.15, 0.2) is 52.3 Å². The quantitative estimate of drug-likeness (QED) is 0.560. The number of carbonyl (C=O) groups excluding carboxylic acids is 2. The van der Waals surface area contributed by atoms with Crippen LogP contribution in [-0.4, -0.2) is 17.7 Å². The van der Waals surface area contributed by atoms with Gasteiger partial charge in [0.2, 0.25) is 5.78 Å². The molecule has 23 heavy (non-hydrogen) atoms. The molecule has 7 heteroatoms. The predicted octanol–water partition coefficient (Wildman–Crippen LogP) is 4.60. The van der Waals surface area contributed by atoms with Crippen molar-refractivity contribution in [2.45, 2.75) is 22.4 Å². The molecule has 118 valence electrons. The zero-order chi connectivity index (χ0) is 16.6. The lowest BCUT2D eigenvalue weighted by Crippen LogP contribution is -2.25. The molecule has 1 heterocycles. The molecule has 0 saturated heterocycles. The number of alkyl halides is 3. The van der Waals surface area contributed by atoms with Gasteiger partial charge in [0.15, 0.2) is 5.78 Å². The molecule has 0 unspecified atom stereocenters. The molecule has 0 saturated carbocycles. The van der Waals surface area contributed by atoms with Crippen molar-refractivity contribution in [2.75, 3.05) is 5.32 Å². The van der Waals surface area contributed by atoms with E-state index in [0.29, 0.717) is 5.69 Å². The van der Waals surface area contributed by atoms with Gasteiger partial charge in [0.05, 0.1) is 17.8 Å². The van der Waals surface area contributed by atoms with E-state index in [1.165, 1.54) is 23.9 Å². The van der Waals surface area contributed by atoms with Crippen molar-refractivity contribution in [2.24, 2.45) is 0 Å². The number of fused-ring (bicyclic) bond motifs is 2. The maximum Gasteiger partial charge on any atom is 0.450 e. The minimum absolute atomic E-state index is 0.0776. The van der Waals surface area contributed by atoms with E-state index in [1.807, 2.05) is 24.3 Å². The van der Waals surface area contributed by atoms with Crippen LogP contribution in [0.2, 0.25) is 0 Å². The summed E-state index contributed by atoms with van der Waals surface area (Å²) < 4.78 is 36.7. The van der Waals surface area contributed by atoms with Crippen LogP contribution in [0.1, 0.15) is 16.8 Å². The first-order valence-corrected chi connectivity index (χ1v) is 7.47. The van der Waals surface area contributed by atoms with Gasteiger partial charge in [-0.25, -0.2) is 0 Å². The number of benzene rings is 2. The van der Waals surface area contributed by atoms with Crippen LogP contribution in [0.4, 0.5) is 24.5 Å². The van der Waals surface area contributed by atoms with E-state index in [4.69, 9.17) is 0 Å². The standard InChI is InChI=1S/C16H10F3NO2S/c17-16(18,19)15(22)8-12(21)9-5-6-14-11(7-9)20-10-3-1-2-4-13(10)23-14/h1-7,20H,8H2. The van der Waals surface area contributed by atoms with Crippen LogP contribution in [0.5, 0.6) is 0 Å². The van der Waals surface area contributed by atoms with E-state index in [9.17, 15) is 22.8 Å². The fraction of sp³-hybridized carbons (Fsp3) is 0.125. The summed E-state index contributed by atoms with van der Waals surface area (Å²) in [5.74, 6) is -2.88. The number of rotatable bonds is 3. The lowest BCUT2D eigenvalue weighted by Gasteiger charge is -2.21. The summed E-state index contributed by atoms with van der Waals surface area (Å²) >= 11 is 1.50. The third kappa shape index (κ3) is 3.24. The van der Waals surface area contributed by atoms with Gasteiger partial charge in [-0.2, -0.15) is 13.2 Å². The molecule has 0 fully saturated rings. The fourth-order valence-electron chi connectivity index (χ4n) is 2.16. The second-order valence-electron chi connectivity index (χ2n) is 4.96. The summed E-state index contributed by atoms with van der Waals surface area (Å²) in [5.41, 5.74) is 1.58. The summed E-state index contributed by atoms with van der Waals surface area (Å²) in [6, 6.07) is 12.1. The van der Waals surface area contributed by atoms with Gasteiger partial charge in [0.25, 0.3) is 0 Å². The minimum atomic E-state index is -4.99. The summed E-state index contributed by atoms with van der Waals surface area (Å²) in [7, 11) is 0. The van der Waals surface area contributed by atoms with Crippen molar-refractivity contribution >= 4 is 34.7 Å². The Morgan fingerprint density at radius 1 is 1.00 bits per heavy atom. The average Bonchev–Trinajstić information content (AvgIpc) is 2.51. The molecule has 0 spiro atoms. The van der Waals surface area contributed by atoms with Crippen molar-refractivity contribution < 1.29 is 22.8 Å². The molecule has 2 aromatic carbocycles. The lowest BCUT2D eigenvalue weighted by atomic mass is 10.0. The van der Waals surface area contributed by atoms with Gasteiger partial charge in [0, 0.05) is 15.4 Å². The van der Waals surface area contributed by atoms with Crippen LogP contribution >= 0.6 is 11.8 Å². The van der Waals surface area contributed by atoms with E-state index in [1.54, 1.807) is 6.07 Å². The van der Waals surface area contributed by atoms with Crippen molar-refractivity contribution in [1.82, 2.24) is 0 Å². The third-order valence-corrected chi connectivity index (χ3v) is 4.47. The number of para-hydroxylation sites is 1. The second kappa shape index (κ2) is 5.73. The number of nitrogens with one attached hydrogen (secondary N) is 1. The van der Waals surface area contributed by atoms with E-state index >= 15 is 0 Å². The number of hydrogen-bond donors (Lipinski definition) is 1. The number of halogens is 3. The average molecular weight is 337 g/mol. The van der Waals surface area contributed by atoms with Gasteiger partial charge in [-0.15, -0.1) is 0 Å². The zero-order valence-corrected chi connectivity index (χ0v) is 12.4. The summed E-state index contributed by atoms with van der Waals surface area (Å²) in [4.78, 5) is 24.7. The Morgan fingerprint density at radius 2 is 1.70 bits per heavy atom. The molecule has 2 aromatic rings. The topological polar surface area (TPSA) is 46.2 Å². The van der Waals surface area contributed by atoms with E-state index in [2.05, 4.69) is 5.32 Å². The predicted molar refractivity (Wildman–Crippen MR) is 80.3 cm³/mol. The van der Waals surface area contributed by atoms with Crippen molar-refractivity contribution in [3.63, 3.8) is 0 Å². The fourth-order valence-corrected chi connectivity index (χ4v) is 3.13. The van der Waals surface area contributed by atoms with Crippen LogP contribution in [0.25, 0.3) is 0 Å². The molecule has 3 rings (SSSR count). The Hall–Kier alpha value is -2.28. The highest BCUT2D eigenvalue weighted by Gasteiger charge is 2.39. The van der Waals surface area contributed by atoms with Gasteiger partial charge in [-0.05, 0) is 24.3 Å². The van der Waals surface area contributed by atoms with Gasteiger partial charge in [-0.3, -0.25) is 9.59 Å². The molecule has 1 aliphatic rings. The second-order valence-corrected chi connectivity index (χ2v) is 6.04. The first kappa shape index (κ1) is 15.6. The zero-order valence-electron chi connectivity index (χ0n) is 11.6. The highest BCUT2D eigenvalue weighted by Crippen LogP contribution is 2.44. The molecule has 3 nitrogen and oxygen atoms in total. The van der Waals surface area contributed by atoms with Crippen LogP contribution < -0.4 is 5.32 Å². The van der Waals surface area contributed by atoms with E-state index < -0.39 is 24.2 Å². The van der Waals surface area contributed by atoms with Crippen LogP contribution in [0.3, 0.4) is 0 Å². The maximum absolute atomic E-state index is 12.2. The molecule has 0 atom stereocenters. The molecule has 1 aliphatic heterocycles. The Balaban J connectivity index is 1.83. The number of hydrogen-bond acceptors (Lipinski definition) is 4.